The summed E-state index contributed by atoms with van der Waals surface area (Å²) in [5, 5.41) is 9.91. The van der Waals surface area contributed by atoms with Crippen molar-refractivity contribution in [1.29, 1.82) is 0 Å². The number of nitrogens with zero attached hydrogens (tertiary/aromatic N) is 2. The van der Waals surface area contributed by atoms with Gasteiger partial charge in [-0.1, -0.05) is 0 Å². The van der Waals surface area contributed by atoms with E-state index < -0.39 is 5.60 Å². The molecule has 0 radical (unpaired) electrons. The second-order valence-electron chi connectivity index (χ2n) is 4.90. The third kappa shape index (κ3) is 2.33. The van der Waals surface area contributed by atoms with E-state index in [2.05, 4.69) is 9.88 Å². The lowest BCUT2D eigenvalue weighted by Gasteiger charge is -2.20. The van der Waals surface area contributed by atoms with Gasteiger partial charge in [0, 0.05) is 25.3 Å². The first-order valence-corrected chi connectivity index (χ1v) is 5.67. The van der Waals surface area contributed by atoms with E-state index in [0.29, 0.717) is 6.54 Å². The summed E-state index contributed by atoms with van der Waals surface area (Å²) in [6, 6.07) is 3.96. The van der Waals surface area contributed by atoms with Crippen LogP contribution in [-0.2, 0) is 0 Å². The molecule has 0 amide bonds. The minimum atomic E-state index is -0.591. The molecule has 0 saturated carbocycles. The van der Waals surface area contributed by atoms with Crippen LogP contribution in [0.25, 0.3) is 0 Å². The van der Waals surface area contributed by atoms with Crippen LogP contribution in [0, 0.1) is 0 Å². The quantitative estimate of drug-likeness (QED) is 0.784. The predicted molar refractivity (Wildman–Crippen MR) is 64.3 cm³/mol. The molecule has 0 bridgehead atoms. The Morgan fingerprint density at radius 2 is 2.38 bits per heavy atom. The van der Waals surface area contributed by atoms with Gasteiger partial charge in [-0.25, -0.2) is 4.98 Å². The summed E-state index contributed by atoms with van der Waals surface area (Å²) < 4.78 is 0. The molecule has 16 heavy (non-hydrogen) atoms. The van der Waals surface area contributed by atoms with Crippen LogP contribution in [0.2, 0.25) is 0 Å². The highest BCUT2D eigenvalue weighted by Crippen LogP contribution is 2.26. The van der Waals surface area contributed by atoms with Crippen molar-refractivity contribution in [3.8, 4) is 0 Å². The normalized spacial score (nSPS) is 27.1. The van der Waals surface area contributed by atoms with Crippen LogP contribution in [0.1, 0.15) is 31.9 Å². The smallest absolute Gasteiger partial charge is 0.128 e. The Balaban J connectivity index is 2.19. The van der Waals surface area contributed by atoms with Crippen molar-refractivity contribution in [3.63, 3.8) is 0 Å². The Kier molecular flexibility index (Phi) is 2.86. The van der Waals surface area contributed by atoms with Crippen molar-refractivity contribution in [1.82, 2.24) is 4.98 Å². The lowest BCUT2D eigenvalue weighted by Crippen LogP contribution is -2.30. The minimum Gasteiger partial charge on any atom is -0.388 e. The van der Waals surface area contributed by atoms with E-state index in [1.807, 2.05) is 26.0 Å². The topological polar surface area (TPSA) is 62.4 Å². The van der Waals surface area contributed by atoms with E-state index in [9.17, 15) is 5.11 Å². The van der Waals surface area contributed by atoms with Crippen molar-refractivity contribution >= 4 is 5.82 Å². The SMILES string of the molecule is C[C@@H](N)c1ccnc(N2CCC(C)(O)C2)c1. The van der Waals surface area contributed by atoms with Crippen LogP contribution in [-0.4, -0.2) is 28.8 Å². The molecule has 4 nitrogen and oxygen atoms in total. The fraction of sp³-hybridized carbons (Fsp3) is 0.583. The van der Waals surface area contributed by atoms with E-state index in [4.69, 9.17) is 5.73 Å². The molecule has 1 aromatic heterocycles. The number of pyridine rings is 1. The molecule has 88 valence electrons. The van der Waals surface area contributed by atoms with Crippen LogP contribution in [0.4, 0.5) is 5.82 Å². The van der Waals surface area contributed by atoms with Gasteiger partial charge < -0.3 is 15.7 Å². The van der Waals surface area contributed by atoms with Crippen molar-refractivity contribution in [2.24, 2.45) is 5.73 Å². The molecule has 4 heteroatoms. The fourth-order valence-electron chi connectivity index (χ4n) is 2.03. The van der Waals surface area contributed by atoms with Crippen LogP contribution >= 0.6 is 0 Å². The van der Waals surface area contributed by atoms with Gasteiger partial charge in [-0.3, -0.25) is 0 Å². The first-order valence-electron chi connectivity index (χ1n) is 5.67. The summed E-state index contributed by atoms with van der Waals surface area (Å²) in [5.74, 6) is 0.910. The Hall–Kier alpha value is -1.13. The van der Waals surface area contributed by atoms with Crippen molar-refractivity contribution in [2.45, 2.75) is 31.9 Å². The molecule has 1 fully saturated rings. The van der Waals surface area contributed by atoms with Gasteiger partial charge in [0.05, 0.1) is 5.60 Å². The summed E-state index contributed by atoms with van der Waals surface area (Å²) >= 11 is 0. The average molecular weight is 221 g/mol. The van der Waals surface area contributed by atoms with Gasteiger partial charge in [0.2, 0.25) is 0 Å². The maximum atomic E-state index is 9.91. The predicted octanol–water partition coefficient (Wildman–Crippen LogP) is 1.06. The molecule has 1 unspecified atom stereocenters. The maximum absolute atomic E-state index is 9.91. The minimum absolute atomic E-state index is 0.0184. The molecule has 1 aliphatic rings. The van der Waals surface area contributed by atoms with Crippen molar-refractivity contribution in [2.75, 3.05) is 18.0 Å². The summed E-state index contributed by atoms with van der Waals surface area (Å²) in [7, 11) is 0. The molecule has 0 spiro atoms. The summed E-state index contributed by atoms with van der Waals surface area (Å²) in [6.45, 7) is 5.31. The highest BCUT2D eigenvalue weighted by Gasteiger charge is 2.31. The third-order valence-corrected chi connectivity index (χ3v) is 3.07. The Morgan fingerprint density at radius 3 is 2.94 bits per heavy atom. The Labute approximate surface area is 96.1 Å². The number of hydrogen-bond acceptors (Lipinski definition) is 4. The lowest BCUT2D eigenvalue weighted by molar-refractivity contribution is 0.0839. The third-order valence-electron chi connectivity index (χ3n) is 3.07. The van der Waals surface area contributed by atoms with E-state index in [-0.39, 0.29) is 6.04 Å². The molecule has 2 atom stereocenters. The second kappa shape index (κ2) is 4.03. The number of aromatic nitrogens is 1. The van der Waals surface area contributed by atoms with E-state index >= 15 is 0 Å². The first-order chi connectivity index (χ1) is 7.48. The van der Waals surface area contributed by atoms with Crippen molar-refractivity contribution in [3.05, 3.63) is 23.9 Å². The number of β-amino-alcohol motifs (C(OH)–C–C–N with tert-alkyl or cyclic N) is 1. The van der Waals surface area contributed by atoms with Gasteiger partial charge >= 0.3 is 0 Å². The molecule has 3 N–H and O–H groups in total. The number of rotatable bonds is 2. The zero-order chi connectivity index (χ0) is 11.8. The van der Waals surface area contributed by atoms with E-state index in [0.717, 1.165) is 24.3 Å². The lowest BCUT2D eigenvalue weighted by atomic mass is 10.1. The molecule has 1 aliphatic heterocycles. The molecule has 1 aromatic rings. The molecular formula is C12H19N3O. The zero-order valence-corrected chi connectivity index (χ0v) is 9.85. The van der Waals surface area contributed by atoms with E-state index in [1.54, 1.807) is 6.20 Å². The second-order valence-corrected chi connectivity index (χ2v) is 4.90. The Morgan fingerprint density at radius 1 is 1.62 bits per heavy atom. The van der Waals surface area contributed by atoms with Crippen molar-refractivity contribution < 1.29 is 5.11 Å². The summed E-state index contributed by atoms with van der Waals surface area (Å²) in [6.07, 6.45) is 2.57. The monoisotopic (exact) mass is 221 g/mol. The fourth-order valence-corrected chi connectivity index (χ4v) is 2.03. The highest BCUT2D eigenvalue weighted by molar-refractivity contribution is 5.43. The highest BCUT2D eigenvalue weighted by atomic mass is 16.3. The van der Waals surface area contributed by atoms with Gasteiger partial charge in [-0.2, -0.15) is 0 Å². The van der Waals surface area contributed by atoms with Crippen LogP contribution in [0.15, 0.2) is 18.3 Å². The molecule has 2 rings (SSSR count). The average Bonchev–Trinajstić information content (AvgIpc) is 2.59. The molecule has 1 saturated heterocycles. The van der Waals surface area contributed by atoms with Gasteiger partial charge in [0.25, 0.3) is 0 Å². The van der Waals surface area contributed by atoms with Gasteiger partial charge in [0.1, 0.15) is 5.82 Å². The van der Waals surface area contributed by atoms with Gasteiger partial charge in [0.15, 0.2) is 0 Å². The van der Waals surface area contributed by atoms with Crippen LogP contribution in [0.3, 0.4) is 0 Å². The number of hydrogen-bond donors (Lipinski definition) is 2. The summed E-state index contributed by atoms with van der Waals surface area (Å²) in [5.41, 5.74) is 6.33. The molecular weight excluding hydrogens is 202 g/mol. The first kappa shape index (κ1) is 11.4. The van der Waals surface area contributed by atoms with Crippen LogP contribution < -0.4 is 10.6 Å². The summed E-state index contributed by atoms with van der Waals surface area (Å²) in [4.78, 5) is 6.43. The van der Waals surface area contributed by atoms with E-state index in [1.165, 1.54) is 0 Å². The maximum Gasteiger partial charge on any atom is 0.128 e. The standard InChI is InChI=1S/C12H19N3O/c1-9(13)10-3-5-14-11(7-10)15-6-4-12(2,16)8-15/h3,5,7,9,16H,4,6,8,13H2,1-2H3/t9-,12?/m1/s1. The van der Waals surface area contributed by atoms with Gasteiger partial charge in [-0.15, -0.1) is 0 Å². The largest absolute Gasteiger partial charge is 0.388 e. The van der Waals surface area contributed by atoms with Crippen LogP contribution in [0.5, 0.6) is 0 Å². The zero-order valence-electron chi connectivity index (χ0n) is 9.85. The number of aliphatic hydroxyl groups is 1. The molecule has 0 aliphatic carbocycles. The Bertz CT molecular complexity index is 376. The molecule has 2 heterocycles. The number of nitrogens with two attached hydrogens (primary N) is 1. The number of anilines is 1. The van der Waals surface area contributed by atoms with Gasteiger partial charge in [-0.05, 0) is 38.0 Å². The molecule has 0 aromatic carbocycles.